The molecule has 7 nitrogen and oxygen atoms in total. The van der Waals surface area contributed by atoms with E-state index in [2.05, 4.69) is 15.6 Å². The minimum absolute atomic E-state index is 0.0978. The van der Waals surface area contributed by atoms with Crippen molar-refractivity contribution in [2.75, 3.05) is 19.6 Å². The van der Waals surface area contributed by atoms with Crippen molar-refractivity contribution in [1.29, 1.82) is 0 Å². The van der Waals surface area contributed by atoms with E-state index in [4.69, 9.17) is 4.42 Å². The van der Waals surface area contributed by atoms with Crippen molar-refractivity contribution in [3.63, 3.8) is 0 Å². The molecule has 0 bridgehead atoms. The van der Waals surface area contributed by atoms with Crippen molar-refractivity contribution in [2.24, 2.45) is 0 Å². The van der Waals surface area contributed by atoms with E-state index < -0.39 is 6.04 Å². The summed E-state index contributed by atoms with van der Waals surface area (Å²) in [5, 5.41) is 7.67. The molecule has 0 unspecified atom stereocenters. The Hall–Kier alpha value is -2.19. The normalized spacial score (nSPS) is 18.3. The predicted molar refractivity (Wildman–Crippen MR) is 89.4 cm³/mol. The fourth-order valence-electron chi connectivity index (χ4n) is 2.73. The van der Waals surface area contributed by atoms with E-state index in [9.17, 15) is 9.59 Å². The van der Waals surface area contributed by atoms with Gasteiger partial charge in [0, 0.05) is 43.5 Å². The molecule has 0 aromatic carbocycles. The average Bonchev–Trinajstić information content (AvgIpc) is 3.24. The molecule has 128 valence electrons. The minimum atomic E-state index is -0.451. The number of nitrogens with one attached hydrogen (secondary N) is 2. The van der Waals surface area contributed by atoms with Crippen molar-refractivity contribution in [3.8, 4) is 0 Å². The Morgan fingerprint density at radius 1 is 1.54 bits per heavy atom. The van der Waals surface area contributed by atoms with Gasteiger partial charge in [-0.2, -0.15) is 0 Å². The van der Waals surface area contributed by atoms with Crippen LogP contribution in [-0.2, 0) is 22.6 Å². The van der Waals surface area contributed by atoms with Gasteiger partial charge < -0.3 is 15.1 Å². The zero-order chi connectivity index (χ0) is 16.8. The first-order valence-corrected chi connectivity index (χ1v) is 8.83. The Labute approximate surface area is 144 Å². The van der Waals surface area contributed by atoms with Crippen LogP contribution in [0.5, 0.6) is 0 Å². The van der Waals surface area contributed by atoms with Crippen LogP contribution in [0.4, 0.5) is 0 Å². The number of hydrogen-bond donors (Lipinski definition) is 2. The lowest BCUT2D eigenvalue weighted by Gasteiger charge is -2.34. The summed E-state index contributed by atoms with van der Waals surface area (Å²) in [5.41, 5.74) is 3.74. The summed E-state index contributed by atoms with van der Waals surface area (Å²) < 4.78 is 5.08. The third kappa shape index (κ3) is 4.42. The van der Waals surface area contributed by atoms with Crippen LogP contribution in [0.3, 0.4) is 0 Å². The Kier molecular flexibility index (Phi) is 5.60. The second-order valence-electron chi connectivity index (χ2n) is 5.69. The molecule has 1 aliphatic rings. The maximum absolute atomic E-state index is 12.2. The van der Waals surface area contributed by atoms with Crippen molar-refractivity contribution in [3.05, 3.63) is 40.7 Å². The van der Waals surface area contributed by atoms with Gasteiger partial charge in [0.25, 0.3) is 0 Å². The fourth-order valence-corrected chi connectivity index (χ4v) is 3.32. The summed E-state index contributed by atoms with van der Waals surface area (Å²) in [4.78, 5) is 30.5. The third-order valence-corrected chi connectivity index (χ3v) is 4.61. The molecule has 0 aliphatic carbocycles. The van der Waals surface area contributed by atoms with Gasteiger partial charge in [-0.1, -0.05) is 0 Å². The fraction of sp³-hybridized carbons (Fsp3) is 0.438. The molecule has 1 saturated heterocycles. The van der Waals surface area contributed by atoms with Gasteiger partial charge >= 0.3 is 0 Å². The minimum Gasteiger partial charge on any atom is -0.472 e. The van der Waals surface area contributed by atoms with Crippen LogP contribution >= 0.6 is 11.3 Å². The molecule has 0 saturated carbocycles. The molecule has 0 spiro atoms. The van der Waals surface area contributed by atoms with E-state index >= 15 is 0 Å². The number of piperazine rings is 1. The van der Waals surface area contributed by atoms with E-state index in [0.29, 0.717) is 32.6 Å². The summed E-state index contributed by atoms with van der Waals surface area (Å²) in [6.45, 7) is 2.44. The van der Waals surface area contributed by atoms with Crippen molar-refractivity contribution >= 4 is 23.2 Å². The first kappa shape index (κ1) is 16.7. The van der Waals surface area contributed by atoms with Crippen molar-refractivity contribution in [1.82, 2.24) is 20.5 Å². The van der Waals surface area contributed by atoms with Crippen molar-refractivity contribution in [2.45, 2.75) is 25.4 Å². The van der Waals surface area contributed by atoms with Gasteiger partial charge in [0.1, 0.15) is 0 Å². The number of amides is 2. The zero-order valence-electron chi connectivity index (χ0n) is 13.2. The van der Waals surface area contributed by atoms with Crippen LogP contribution < -0.4 is 10.6 Å². The predicted octanol–water partition coefficient (Wildman–Crippen LogP) is 0.785. The molecule has 1 aliphatic heterocycles. The molecule has 1 atom stereocenters. The Morgan fingerprint density at radius 2 is 2.46 bits per heavy atom. The smallest absolute Gasteiger partial charge is 0.237 e. The number of nitrogens with zero attached hydrogens (tertiary/aromatic N) is 2. The number of rotatable bonds is 7. The summed E-state index contributed by atoms with van der Waals surface area (Å²) in [6, 6.07) is 1.42. The lowest BCUT2D eigenvalue weighted by Crippen LogP contribution is -2.56. The topological polar surface area (TPSA) is 87.5 Å². The van der Waals surface area contributed by atoms with Gasteiger partial charge in [-0.15, -0.1) is 11.3 Å². The summed E-state index contributed by atoms with van der Waals surface area (Å²) in [6.07, 6.45) is 4.13. The molecule has 8 heteroatoms. The lowest BCUT2D eigenvalue weighted by atomic mass is 10.1. The monoisotopic (exact) mass is 348 g/mol. The summed E-state index contributed by atoms with van der Waals surface area (Å²) in [5.74, 6) is -0.219. The average molecular weight is 348 g/mol. The molecule has 3 heterocycles. The molecular weight excluding hydrogens is 328 g/mol. The van der Waals surface area contributed by atoms with Gasteiger partial charge in [0.2, 0.25) is 11.8 Å². The number of carbonyl (C=O) groups is 2. The van der Waals surface area contributed by atoms with E-state index in [1.165, 1.54) is 11.3 Å². The lowest BCUT2D eigenvalue weighted by molar-refractivity contribution is -0.134. The third-order valence-electron chi connectivity index (χ3n) is 3.97. The standard InChI is InChI=1S/C16H20N4O3S/c21-15(17-3-1-13-10-24-11-19-13)7-14-16(22)18-4-5-20(14)8-12-2-6-23-9-12/h2,6,9-11,14H,1,3-5,7-8H2,(H,17,21)(H,18,22)/t14-/m1/s1. The van der Waals surface area contributed by atoms with Gasteiger partial charge in [0.15, 0.2) is 0 Å². The highest BCUT2D eigenvalue weighted by Crippen LogP contribution is 2.14. The molecule has 2 aromatic heterocycles. The molecule has 2 aromatic rings. The van der Waals surface area contributed by atoms with Gasteiger partial charge in [-0.3, -0.25) is 14.5 Å². The quantitative estimate of drug-likeness (QED) is 0.772. The molecule has 1 fully saturated rings. The van der Waals surface area contributed by atoms with Gasteiger partial charge in [0.05, 0.1) is 36.2 Å². The number of thiazole rings is 1. The molecule has 24 heavy (non-hydrogen) atoms. The molecule has 3 rings (SSSR count). The molecule has 2 N–H and O–H groups in total. The van der Waals surface area contributed by atoms with E-state index in [1.807, 2.05) is 16.3 Å². The summed E-state index contributed by atoms with van der Waals surface area (Å²) >= 11 is 1.54. The number of aromatic nitrogens is 1. The Balaban J connectivity index is 1.51. The number of hydrogen-bond acceptors (Lipinski definition) is 6. The van der Waals surface area contributed by atoms with E-state index in [0.717, 1.165) is 11.3 Å². The highest BCUT2D eigenvalue weighted by molar-refractivity contribution is 7.07. The van der Waals surface area contributed by atoms with Crippen LogP contribution in [0.25, 0.3) is 0 Å². The van der Waals surface area contributed by atoms with Crippen LogP contribution in [0, 0.1) is 0 Å². The van der Waals surface area contributed by atoms with Gasteiger partial charge in [-0.25, -0.2) is 4.98 Å². The van der Waals surface area contributed by atoms with Gasteiger partial charge in [-0.05, 0) is 6.07 Å². The van der Waals surface area contributed by atoms with Crippen LogP contribution in [0.1, 0.15) is 17.7 Å². The Morgan fingerprint density at radius 3 is 3.21 bits per heavy atom. The van der Waals surface area contributed by atoms with Crippen LogP contribution in [-0.4, -0.2) is 47.4 Å². The van der Waals surface area contributed by atoms with Crippen molar-refractivity contribution < 1.29 is 14.0 Å². The molecule has 2 amide bonds. The van der Waals surface area contributed by atoms with Crippen LogP contribution in [0.2, 0.25) is 0 Å². The SMILES string of the molecule is O=C(C[C@@H]1C(=O)NCCN1Cc1ccoc1)NCCc1cscn1. The second-order valence-corrected chi connectivity index (χ2v) is 6.41. The maximum atomic E-state index is 12.2. The highest BCUT2D eigenvalue weighted by atomic mass is 32.1. The van der Waals surface area contributed by atoms with Crippen LogP contribution in [0.15, 0.2) is 33.9 Å². The van der Waals surface area contributed by atoms with E-state index in [1.54, 1.807) is 18.0 Å². The highest BCUT2D eigenvalue weighted by Gasteiger charge is 2.31. The second kappa shape index (κ2) is 8.07. The maximum Gasteiger partial charge on any atom is 0.237 e. The largest absolute Gasteiger partial charge is 0.472 e. The first-order chi connectivity index (χ1) is 11.7. The van der Waals surface area contributed by atoms with E-state index in [-0.39, 0.29) is 18.2 Å². The number of carbonyl (C=O) groups excluding carboxylic acids is 2. The summed E-state index contributed by atoms with van der Waals surface area (Å²) in [7, 11) is 0. The number of furan rings is 1. The Bertz CT molecular complexity index is 657. The zero-order valence-corrected chi connectivity index (χ0v) is 14.1. The first-order valence-electron chi connectivity index (χ1n) is 7.89. The molecule has 0 radical (unpaired) electrons. The molecular formula is C16H20N4O3S.